The molecule has 132 valence electrons. The van der Waals surface area contributed by atoms with Gasteiger partial charge in [0.05, 0.1) is 25.3 Å². The van der Waals surface area contributed by atoms with E-state index >= 15 is 0 Å². The molecule has 9 nitrogen and oxygen atoms in total. The van der Waals surface area contributed by atoms with Gasteiger partial charge in [0.15, 0.2) is 11.6 Å². The highest BCUT2D eigenvalue weighted by Gasteiger charge is 2.16. The third-order valence-electron chi connectivity index (χ3n) is 3.66. The largest absolute Gasteiger partial charge is 0.493 e. The van der Waals surface area contributed by atoms with E-state index in [0.717, 1.165) is 11.1 Å². The Kier molecular flexibility index (Phi) is 4.94. The van der Waals surface area contributed by atoms with E-state index in [9.17, 15) is 0 Å². The topological polar surface area (TPSA) is 128 Å². The summed E-state index contributed by atoms with van der Waals surface area (Å²) >= 11 is 0. The number of nitrogens with two attached hydrogens (primary N) is 1. The van der Waals surface area contributed by atoms with Crippen molar-refractivity contribution in [3.8, 4) is 34.3 Å². The van der Waals surface area contributed by atoms with Crippen LogP contribution in [0.4, 0.5) is 11.8 Å². The Morgan fingerprint density at radius 3 is 3.00 bits per heavy atom. The molecule has 3 aromatic rings. The summed E-state index contributed by atoms with van der Waals surface area (Å²) in [6.45, 7) is 0.485. The highest BCUT2D eigenvalue weighted by Crippen LogP contribution is 2.32. The van der Waals surface area contributed by atoms with Crippen LogP contribution in [0.3, 0.4) is 0 Å². The number of aromatic nitrogens is 5. The zero-order valence-corrected chi connectivity index (χ0v) is 14.5. The minimum atomic E-state index is 0.319. The molecule has 0 aromatic carbocycles. The highest BCUT2D eigenvalue weighted by molar-refractivity contribution is 5.79. The van der Waals surface area contributed by atoms with E-state index in [-0.39, 0.29) is 0 Å². The van der Waals surface area contributed by atoms with Gasteiger partial charge in [0.2, 0.25) is 5.95 Å². The van der Waals surface area contributed by atoms with Gasteiger partial charge in [-0.1, -0.05) is 0 Å². The number of aryl methyl sites for hydroxylation is 1. The van der Waals surface area contributed by atoms with Crippen molar-refractivity contribution in [2.75, 3.05) is 24.7 Å². The van der Waals surface area contributed by atoms with Gasteiger partial charge >= 0.3 is 0 Å². The van der Waals surface area contributed by atoms with Crippen LogP contribution >= 0.6 is 0 Å². The van der Waals surface area contributed by atoms with Crippen molar-refractivity contribution in [1.29, 1.82) is 5.26 Å². The van der Waals surface area contributed by atoms with E-state index in [0.29, 0.717) is 41.9 Å². The lowest BCUT2D eigenvalue weighted by Gasteiger charge is -2.07. The average Bonchev–Trinajstić information content (AvgIpc) is 3.04. The van der Waals surface area contributed by atoms with Gasteiger partial charge in [-0.05, 0) is 12.1 Å². The summed E-state index contributed by atoms with van der Waals surface area (Å²) in [7, 11) is 3.38. The van der Waals surface area contributed by atoms with Crippen LogP contribution in [0.25, 0.3) is 22.5 Å². The molecule has 0 aliphatic rings. The number of ether oxygens (including phenoxy) is 1. The maximum absolute atomic E-state index is 8.64. The van der Waals surface area contributed by atoms with Crippen molar-refractivity contribution in [3.63, 3.8) is 0 Å². The molecule has 9 heteroatoms. The number of nitrogen functional groups attached to an aromatic ring is 1. The van der Waals surface area contributed by atoms with Crippen LogP contribution in [0.15, 0.2) is 30.7 Å². The summed E-state index contributed by atoms with van der Waals surface area (Å²) in [5, 5.41) is 16.2. The van der Waals surface area contributed by atoms with Gasteiger partial charge in [0.1, 0.15) is 5.69 Å². The molecule has 0 unspecified atom stereocenters. The molecule has 3 heterocycles. The lowest BCUT2D eigenvalue weighted by Crippen LogP contribution is -2.04. The molecular formula is C17H18N8O. The fourth-order valence-corrected chi connectivity index (χ4v) is 2.46. The van der Waals surface area contributed by atoms with Crippen molar-refractivity contribution >= 4 is 11.8 Å². The van der Waals surface area contributed by atoms with E-state index in [2.05, 4.69) is 31.4 Å². The van der Waals surface area contributed by atoms with Crippen LogP contribution in [0, 0.1) is 11.3 Å². The summed E-state index contributed by atoms with van der Waals surface area (Å²) in [5.41, 5.74) is 8.81. The second-order valence-corrected chi connectivity index (χ2v) is 5.48. The molecule has 0 fully saturated rings. The number of nitrogens with one attached hydrogen (secondary N) is 1. The minimum Gasteiger partial charge on any atom is -0.493 e. The van der Waals surface area contributed by atoms with Gasteiger partial charge in [-0.15, -0.1) is 0 Å². The molecule has 0 spiro atoms. The predicted octanol–water partition coefficient (Wildman–Crippen LogP) is 1.86. The fourth-order valence-electron chi connectivity index (χ4n) is 2.46. The van der Waals surface area contributed by atoms with Crippen LogP contribution in [-0.2, 0) is 7.05 Å². The number of hydrogen-bond donors (Lipinski definition) is 2. The molecule has 0 saturated carbocycles. The van der Waals surface area contributed by atoms with Gasteiger partial charge in [-0.2, -0.15) is 10.4 Å². The number of rotatable bonds is 6. The number of hydrogen-bond acceptors (Lipinski definition) is 8. The van der Waals surface area contributed by atoms with Crippen LogP contribution in [0.5, 0.6) is 5.75 Å². The quantitative estimate of drug-likeness (QED) is 0.645. The van der Waals surface area contributed by atoms with E-state index < -0.39 is 0 Å². The first-order valence-corrected chi connectivity index (χ1v) is 7.90. The molecule has 3 N–H and O–H groups in total. The Morgan fingerprint density at radius 1 is 1.38 bits per heavy atom. The van der Waals surface area contributed by atoms with Crippen molar-refractivity contribution in [3.05, 3.63) is 30.7 Å². The molecule has 3 aromatic heterocycles. The van der Waals surface area contributed by atoms with Crippen LogP contribution < -0.4 is 15.8 Å². The first-order chi connectivity index (χ1) is 12.6. The number of pyridine rings is 1. The molecule has 0 aliphatic heterocycles. The van der Waals surface area contributed by atoms with E-state index in [1.807, 2.05) is 13.2 Å². The second-order valence-electron chi connectivity index (χ2n) is 5.48. The van der Waals surface area contributed by atoms with E-state index in [1.165, 1.54) is 0 Å². The molecule has 0 atom stereocenters. The van der Waals surface area contributed by atoms with Crippen molar-refractivity contribution < 1.29 is 4.74 Å². The third-order valence-corrected chi connectivity index (χ3v) is 3.66. The van der Waals surface area contributed by atoms with Crippen molar-refractivity contribution in [2.24, 2.45) is 7.05 Å². The zero-order valence-electron chi connectivity index (χ0n) is 14.5. The van der Waals surface area contributed by atoms with Crippen LogP contribution in [0.2, 0.25) is 0 Å². The minimum absolute atomic E-state index is 0.319. The Bertz CT molecular complexity index is 960. The van der Waals surface area contributed by atoms with E-state index in [1.54, 1.807) is 36.3 Å². The Balaban J connectivity index is 2.00. The van der Waals surface area contributed by atoms with Gasteiger partial charge in [-0.25, -0.2) is 15.0 Å². The smallest absolute Gasteiger partial charge is 0.223 e. The highest BCUT2D eigenvalue weighted by atomic mass is 16.5. The predicted molar refractivity (Wildman–Crippen MR) is 97.1 cm³/mol. The third kappa shape index (κ3) is 3.54. The summed E-state index contributed by atoms with van der Waals surface area (Å²) in [4.78, 5) is 12.9. The number of nitrogens with zero attached hydrogens (tertiary/aromatic N) is 6. The molecule has 0 aliphatic carbocycles. The summed E-state index contributed by atoms with van der Waals surface area (Å²) in [6, 6.07) is 5.67. The Labute approximate surface area is 150 Å². The monoisotopic (exact) mass is 350 g/mol. The van der Waals surface area contributed by atoms with Crippen molar-refractivity contribution in [2.45, 2.75) is 6.42 Å². The standard InChI is InChI=1S/C17H18N8O/c1-25-10-12(13-4-7-21-17(23-13)20-6-3-5-18)15(24-25)11-8-14(26-2)16(19)22-9-11/h4,7-10H,3,6H2,1-2H3,(H2,19,22)(H,20,21,23). The molecule has 0 bridgehead atoms. The zero-order chi connectivity index (χ0) is 18.5. The SMILES string of the molecule is COc1cc(-c2nn(C)cc2-c2ccnc(NCCC#N)n2)cnc1N. The normalized spacial score (nSPS) is 10.3. The van der Waals surface area contributed by atoms with Crippen molar-refractivity contribution in [1.82, 2.24) is 24.7 Å². The van der Waals surface area contributed by atoms with Gasteiger partial charge in [0.25, 0.3) is 0 Å². The van der Waals surface area contributed by atoms with Crippen LogP contribution in [0.1, 0.15) is 6.42 Å². The molecule has 3 rings (SSSR count). The molecule has 0 radical (unpaired) electrons. The van der Waals surface area contributed by atoms with Gasteiger partial charge < -0.3 is 15.8 Å². The maximum atomic E-state index is 8.64. The molecular weight excluding hydrogens is 332 g/mol. The number of anilines is 2. The number of methoxy groups -OCH3 is 1. The van der Waals surface area contributed by atoms with Gasteiger partial charge in [0, 0.05) is 43.3 Å². The fraction of sp³-hybridized carbons (Fsp3) is 0.235. The number of nitriles is 1. The molecule has 26 heavy (non-hydrogen) atoms. The first kappa shape index (κ1) is 17.2. The lowest BCUT2D eigenvalue weighted by molar-refractivity contribution is 0.415. The summed E-state index contributed by atoms with van der Waals surface area (Å²) in [5.74, 6) is 1.26. The maximum Gasteiger partial charge on any atom is 0.223 e. The first-order valence-electron chi connectivity index (χ1n) is 7.90. The Hall–Kier alpha value is -3.67. The molecule has 0 saturated heterocycles. The second kappa shape index (κ2) is 7.48. The summed E-state index contributed by atoms with van der Waals surface area (Å²) < 4.78 is 6.96. The van der Waals surface area contributed by atoms with E-state index in [4.69, 9.17) is 15.7 Å². The summed E-state index contributed by atoms with van der Waals surface area (Å²) in [6.07, 6.45) is 5.56. The molecule has 0 amide bonds. The average molecular weight is 350 g/mol. The van der Waals surface area contributed by atoms with Gasteiger partial charge in [-0.3, -0.25) is 4.68 Å². The lowest BCUT2D eigenvalue weighted by atomic mass is 10.1. The van der Waals surface area contributed by atoms with Crippen LogP contribution in [-0.4, -0.2) is 38.4 Å². The Morgan fingerprint density at radius 2 is 2.23 bits per heavy atom.